The lowest BCUT2D eigenvalue weighted by Gasteiger charge is -2.30. The molecule has 3 N–H and O–H groups in total. The molecule has 2 unspecified atom stereocenters. The van der Waals surface area contributed by atoms with E-state index in [4.69, 9.17) is 56.2 Å². The van der Waals surface area contributed by atoms with Crippen molar-refractivity contribution < 1.29 is 34.1 Å². The first-order valence-electron chi connectivity index (χ1n) is 24.8. The third-order valence-electron chi connectivity index (χ3n) is 14.1. The molecule has 8 aromatic rings. The molecular formula is C59H64Cl4N8O7. The summed E-state index contributed by atoms with van der Waals surface area (Å²) in [6.45, 7) is 12.4. The van der Waals surface area contributed by atoms with Crippen molar-refractivity contribution in [3.8, 4) is 0 Å². The third-order valence-corrected chi connectivity index (χ3v) is 15.2. The van der Waals surface area contributed by atoms with E-state index in [1.165, 1.54) is 36.4 Å². The molecule has 410 valence electrons. The van der Waals surface area contributed by atoms with Crippen LogP contribution in [-0.4, -0.2) is 89.1 Å². The number of carbonyl (C=O) groups is 4. The number of carboxylic acid groups (broad SMARTS) is 2. The van der Waals surface area contributed by atoms with Crippen LogP contribution in [0.5, 0.6) is 0 Å². The molecule has 0 aliphatic carbocycles. The van der Waals surface area contributed by atoms with Crippen molar-refractivity contribution in [3.05, 3.63) is 184 Å². The van der Waals surface area contributed by atoms with Crippen molar-refractivity contribution in [2.45, 2.75) is 106 Å². The van der Waals surface area contributed by atoms with E-state index in [1.807, 2.05) is 47.5 Å². The van der Waals surface area contributed by atoms with Gasteiger partial charge in [-0.1, -0.05) is 120 Å². The number of carbonyl (C=O) groups excluding carboxylic acids is 2. The minimum absolute atomic E-state index is 0. The third kappa shape index (κ3) is 13.3. The minimum Gasteiger partial charge on any atom is -0.481 e. The summed E-state index contributed by atoms with van der Waals surface area (Å²) in [6.07, 6.45) is 1.99. The highest BCUT2D eigenvalue weighted by Crippen LogP contribution is 2.37. The van der Waals surface area contributed by atoms with Crippen LogP contribution in [0.3, 0.4) is 0 Å². The smallest absolute Gasteiger partial charge is 0.337 e. The van der Waals surface area contributed by atoms with E-state index in [2.05, 4.69) is 76.2 Å². The number of fused-ring (bicyclic) bond motifs is 4. The standard InChI is InChI=1S/C28H26Cl2N4O3.C22H26N4O2.C7H4Cl2O2.2CH4/c1-3-34-25-9-7-21(16(2)27(25)31-32-34)22(14-26(35)36)18-5-4-17-10-11-33(15-19(17)12-18)28(37)23-13-20(29)6-8-24(23)30;1-4-26-20-8-7-18(14(2)22(20)24-25-26)19(12-21(27)28-3)16-6-5-15-9-10-23-13-17(15)11-16;8-4-1-2-6(9)5(3-4)7(10)11;;/h4-9,12-13,22H,3,10-11,14-15H2,1-2H3,(H,35,36);5-8,11,19,23H,4,9-10,12-13H2,1-3H3;1-3H,(H,10,11);2*1H4. The Labute approximate surface area is 474 Å². The van der Waals surface area contributed by atoms with E-state index in [0.29, 0.717) is 53.1 Å². The average Bonchev–Trinajstić information content (AvgIpc) is 4.06. The molecule has 4 heterocycles. The van der Waals surface area contributed by atoms with Gasteiger partial charge in [0.2, 0.25) is 0 Å². The molecule has 2 aromatic heterocycles. The Morgan fingerprint density at radius 2 is 1.15 bits per heavy atom. The number of aromatic carboxylic acids is 1. The second-order valence-electron chi connectivity index (χ2n) is 18.6. The van der Waals surface area contributed by atoms with Crippen LogP contribution in [0.1, 0.15) is 130 Å². The summed E-state index contributed by atoms with van der Waals surface area (Å²) in [6, 6.07) is 30.0. The van der Waals surface area contributed by atoms with Gasteiger partial charge in [-0.3, -0.25) is 14.4 Å². The minimum atomic E-state index is -1.07. The van der Waals surface area contributed by atoms with Crippen LogP contribution < -0.4 is 5.32 Å². The second kappa shape index (κ2) is 26.6. The molecule has 0 saturated carbocycles. The summed E-state index contributed by atoms with van der Waals surface area (Å²) in [4.78, 5) is 49.6. The number of ether oxygens (including phenoxy) is 1. The highest BCUT2D eigenvalue weighted by molar-refractivity contribution is 6.36. The van der Waals surface area contributed by atoms with Gasteiger partial charge in [0.15, 0.2) is 0 Å². The molecule has 2 aliphatic heterocycles. The van der Waals surface area contributed by atoms with Gasteiger partial charge in [-0.05, 0) is 151 Å². The van der Waals surface area contributed by atoms with Crippen LogP contribution in [-0.2, 0) is 53.3 Å². The van der Waals surface area contributed by atoms with Crippen molar-refractivity contribution in [2.24, 2.45) is 0 Å². The number of benzene rings is 6. The van der Waals surface area contributed by atoms with E-state index in [-0.39, 0.29) is 55.6 Å². The lowest BCUT2D eigenvalue weighted by atomic mass is 9.83. The molecule has 10 rings (SSSR count). The summed E-state index contributed by atoms with van der Waals surface area (Å²) in [7, 11) is 1.44. The molecule has 19 heteroatoms. The normalized spacial score (nSPS) is 13.3. The quantitative estimate of drug-likeness (QED) is 0.0981. The molecule has 0 radical (unpaired) electrons. The van der Waals surface area contributed by atoms with Gasteiger partial charge in [-0.25, -0.2) is 14.2 Å². The van der Waals surface area contributed by atoms with Crippen LogP contribution in [0.2, 0.25) is 20.1 Å². The van der Waals surface area contributed by atoms with Gasteiger partial charge in [-0.2, -0.15) is 0 Å². The van der Waals surface area contributed by atoms with Crippen molar-refractivity contribution in [1.29, 1.82) is 0 Å². The number of amides is 1. The fourth-order valence-corrected chi connectivity index (χ4v) is 10.7. The van der Waals surface area contributed by atoms with Gasteiger partial charge in [0.1, 0.15) is 11.0 Å². The Morgan fingerprint density at radius 1 is 0.641 bits per heavy atom. The Kier molecular flexibility index (Phi) is 20.6. The maximum atomic E-state index is 13.3. The molecule has 6 aromatic carbocycles. The molecule has 78 heavy (non-hydrogen) atoms. The van der Waals surface area contributed by atoms with Gasteiger partial charge in [0.05, 0.1) is 52.2 Å². The van der Waals surface area contributed by atoms with E-state index >= 15 is 0 Å². The van der Waals surface area contributed by atoms with Crippen LogP contribution >= 0.6 is 46.4 Å². The van der Waals surface area contributed by atoms with Crippen LogP contribution in [0.25, 0.3) is 22.1 Å². The van der Waals surface area contributed by atoms with Crippen LogP contribution in [0.4, 0.5) is 0 Å². The fourth-order valence-electron chi connectivity index (χ4n) is 10.0. The first-order chi connectivity index (χ1) is 36.5. The van der Waals surface area contributed by atoms with Gasteiger partial charge >= 0.3 is 17.9 Å². The maximum absolute atomic E-state index is 13.3. The highest BCUT2D eigenvalue weighted by atomic mass is 35.5. The SMILES string of the molecule is C.C.CCn1nnc2c(C)c(C(CC(=O)O)c3ccc4c(c3)CN(C(=O)c3cc(Cl)ccc3Cl)CC4)ccc21.CCn1nnc2c(C)c(C(CC(=O)OC)c3ccc4c(c3)CNCC4)ccc21.O=C(O)c1cc(Cl)ccc1Cl. The number of nitrogens with one attached hydrogen (secondary N) is 1. The fraction of sp³-hybridized carbons (Fsp3) is 0.322. The van der Waals surface area contributed by atoms with Crippen molar-refractivity contribution in [2.75, 3.05) is 20.2 Å². The molecule has 2 atom stereocenters. The number of nitrogens with zero attached hydrogens (tertiary/aromatic N) is 7. The van der Waals surface area contributed by atoms with Crippen LogP contribution in [0, 0.1) is 13.8 Å². The molecule has 0 bridgehead atoms. The number of hydrogen-bond acceptors (Lipinski definition) is 10. The number of methoxy groups -OCH3 is 1. The predicted octanol–water partition coefficient (Wildman–Crippen LogP) is 12.9. The average molecular weight is 1140 g/mol. The largest absolute Gasteiger partial charge is 0.481 e. The Morgan fingerprint density at radius 3 is 1.67 bits per heavy atom. The Balaban J connectivity index is 0.000000212. The maximum Gasteiger partial charge on any atom is 0.337 e. The molecule has 0 saturated heterocycles. The predicted molar refractivity (Wildman–Crippen MR) is 309 cm³/mol. The lowest BCUT2D eigenvalue weighted by molar-refractivity contribution is -0.141. The topological polar surface area (TPSA) is 195 Å². The first-order valence-corrected chi connectivity index (χ1v) is 26.3. The van der Waals surface area contributed by atoms with Crippen molar-refractivity contribution in [3.63, 3.8) is 0 Å². The number of esters is 1. The zero-order valence-corrected chi connectivity index (χ0v) is 45.6. The van der Waals surface area contributed by atoms with E-state index in [1.54, 1.807) is 23.1 Å². The van der Waals surface area contributed by atoms with E-state index in [0.717, 1.165) is 92.6 Å². The Bertz CT molecular complexity index is 3510. The van der Waals surface area contributed by atoms with E-state index < -0.39 is 11.9 Å². The monoisotopic (exact) mass is 1140 g/mol. The number of rotatable bonds is 12. The number of aryl methyl sites for hydroxylation is 4. The lowest BCUT2D eigenvalue weighted by Crippen LogP contribution is -2.36. The number of hydrogen-bond donors (Lipinski definition) is 3. The summed E-state index contributed by atoms with van der Waals surface area (Å²) in [5.74, 6) is -2.78. The first kappa shape index (κ1) is 60.4. The molecule has 0 fully saturated rings. The Hall–Kier alpha value is -6.88. The van der Waals surface area contributed by atoms with Gasteiger partial charge < -0.3 is 25.2 Å². The summed E-state index contributed by atoms with van der Waals surface area (Å²) < 4.78 is 8.73. The van der Waals surface area contributed by atoms with Gasteiger partial charge in [0, 0.05) is 54.6 Å². The second-order valence-corrected chi connectivity index (χ2v) is 20.3. The number of aromatic nitrogens is 6. The van der Waals surface area contributed by atoms with Crippen LogP contribution in [0.15, 0.2) is 97.1 Å². The summed E-state index contributed by atoms with van der Waals surface area (Å²) >= 11 is 23.5. The summed E-state index contributed by atoms with van der Waals surface area (Å²) in [5, 5.41) is 40.3. The zero-order valence-electron chi connectivity index (χ0n) is 42.5. The van der Waals surface area contributed by atoms with Crippen molar-refractivity contribution >= 4 is 92.3 Å². The van der Waals surface area contributed by atoms with Gasteiger partial charge in [0.25, 0.3) is 5.91 Å². The molecule has 0 spiro atoms. The van der Waals surface area contributed by atoms with Crippen molar-refractivity contribution in [1.82, 2.24) is 40.2 Å². The molecule has 2 aliphatic rings. The molecule has 15 nitrogen and oxygen atoms in total. The van der Waals surface area contributed by atoms with E-state index in [9.17, 15) is 24.3 Å². The van der Waals surface area contributed by atoms with Gasteiger partial charge in [-0.15, -0.1) is 10.2 Å². The highest BCUT2D eigenvalue weighted by Gasteiger charge is 2.28. The number of carboxylic acids is 2. The summed E-state index contributed by atoms with van der Waals surface area (Å²) in [5.41, 5.74) is 14.9. The zero-order chi connectivity index (χ0) is 54.4. The molecule has 1 amide bonds. The number of halogens is 4. The number of aliphatic carboxylic acids is 1. The molecular weight excluding hydrogens is 1070 g/mol.